The standard InChI is InChI=1S/C14H16N4O3S/c1-8-12(22-14(15)17-8)13(19)18-16-7-9-4-5-10(20-2)6-11(9)21-3/h4-7H,1-3H3,(H2,15,17)(H,18,19)/b16-7-. The number of amides is 1. The molecule has 0 aliphatic carbocycles. The van der Waals surface area contributed by atoms with Gasteiger partial charge in [0, 0.05) is 11.6 Å². The normalized spacial score (nSPS) is 10.7. The number of carbonyl (C=O) groups excluding carboxylic acids is 1. The molecule has 1 aromatic heterocycles. The van der Waals surface area contributed by atoms with Gasteiger partial charge in [-0.3, -0.25) is 4.79 Å². The van der Waals surface area contributed by atoms with Gasteiger partial charge in [0.15, 0.2) is 5.13 Å². The first-order chi connectivity index (χ1) is 10.5. The molecule has 0 atom stereocenters. The lowest BCUT2D eigenvalue weighted by Gasteiger charge is -2.06. The Balaban J connectivity index is 2.09. The fourth-order valence-electron chi connectivity index (χ4n) is 1.76. The number of carbonyl (C=O) groups is 1. The second-order valence-electron chi connectivity index (χ2n) is 4.27. The number of anilines is 1. The number of ether oxygens (including phenoxy) is 2. The summed E-state index contributed by atoms with van der Waals surface area (Å²) < 4.78 is 10.4. The molecule has 0 spiro atoms. The van der Waals surface area contributed by atoms with Crippen LogP contribution in [-0.4, -0.2) is 31.3 Å². The van der Waals surface area contributed by atoms with Crippen LogP contribution in [0.25, 0.3) is 0 Å². The van der Waals surface area contributed by atoms with Crippen LogP contribution in [0, 0.1) is 6.92 Å². The summed E-state index contributed by atoms with van der Waals surface area (Å²) >= 11 is 1.12. The zero-order valence-corrected chi connectivity index (χ0v) is 13.2. The Morgan fingerprint density at radius 3 is 2.77 bits per heavy atom. The Morgan fingerprint density at radius 1 is 1.41 bits per heavy atom. The lowest BCUT2D eigenvalue weighted by atomic mass is 10.2. The maximum absolute atomic E-state index is 12.0. The molecule has 0 aliphatic rings. The fourth-order valence-corrected chi connectivity index (χ4v) is 2.49. The van der Waals surface area contributed by atoms with Crippen molar-refractivity contribution in [2.75, 3.05) is 20.0 Å². The summed E-state index contributed by atoms with van der Waals surface area (Å²) in [7, 11) is 3.13. The number of thiazole rings is 1. The molecule has 2 aromatic rings. The van der Waals surface area contributed by atoms with E-state index in [2.05, 4.69) is 15.5 Å². The number of nitrogens with one attached hydrogen (secondary N) is 1. The summed E-state index contributed by atoms with van der Waals surface area (Å²) in [5.74, 6) is 0.916. The van der Waals surface area contributed by atoms with Crippen LogP contribution in [-0.2, 0) is 0 Å². The van der Waals surface area contributed by atoms with Gasteiger partial charge in [0.1, 0.15) is 16.4 Å². The minimum Gasteiger partial charge on any atom is -0.497 e. The van der Waals surface area contributed by atoms with E-state index in [0.717, 1.165) is 11.3 Å². The highest BCUT2D eigenvalue weighted by Crippen LogP contribution is 2.23. The van der Waals surface area contributed by atoms with E-state index in [4.69, 9.17) is 15.2 Å². The summed E-state index contributed by atoms with van der Waals surface area (Å²) in [6.45, 7) is 1.72. The number of aromatic nitrogens is 1. The second kappa shape index (κ2) is 6.90. The van der Waals surface area contributed by atoms with Gasteiger partial charge >= 0.3 is 0 Å². The van der Waals surface area contributed by atoms with Crippen molar-refractivity contribution in [3.05, 3.63) is 34.3 Å². The first kappa shape index (κ1) is 15.8. The molecule has 0 saturated heterocycles. The molecular weight excluding hydrogens is 304 g/mol. The van der Waals surface area contributed by atoms with Crippen LogP contribution >= 0.6 is 11.3 Å². The summed E-state index contributed by atoms with van der Waals surface area (Å²) in [5.41, 5.74) is 9.30. The molecule has 0 saturated carbocycles. The number of hydrogen-bond donors (Lipinski definition) is 2. The van der Waals surface area contributed by atoms with Gasteiger partial charge in [0.05, 0.1) is 26.1 Å². The fraction of sp³-hybridized carbons (Fsp3) is 0.214. The Hall–Kier alpha value is -2.61. The van der Waals surface area contributed by atoms with Crippen LogP contribution in [0.5, 0.6) is 11.5 Å². The number of rotatable bonds is 5. The van der Waals surface area contributed by atoms with Gasteiger partial charge in [-0.2, -0.15) is 5.10 Å². The molecule has 0 bridgehead atoms. The molecule has 116 valence electrons. The van der Waals surface area contributed by atoms with Crippen molar-refractivity contribution in [3.63, 3.8) is 0 Å². The first-order valence-electron chi connectivity index (χ1n) is 6.33. The number of nitrogen functional groups attached to an aromatic ring is 1. The van der Waals surface area contributed by atoms with Crippen LogP contribution in [0.2, 0.25) is 0 Å². The molecule has 3 N–H and O–H groups in total. The minimum absolute atomic E-state index is 0.350. The highest BCUT2D eigenvalue weighted by Gasteiger charge is 2.13. The second-order valence-corrected chi connectivity index (χ2v) is 5.30. The molecular formula is C14H16N4O3S. The molecule has 1 heterocycles. The summed E-state index contributed by atoms with van der Waals surface area (Å²) in [6, 6.07) is 5.29. The third kappa shape index (κ3) is 3.53. The third-order valence-corrected chi connectivity index (χ3v) is 3.82. The van der Waals surface area contributed by atoms with Gasteiger partial charge in [-0.05, 0) is 19.1 Å². The van der Waals surface area contributed by atoms with Gasteiger partial charge in [-0.25, -0.2) is 10.4 Å². The van der Waals surface area contributed by atoms with Gasteiger partial charge in [0.2, 0.25) is 0 Å². The molecule has 1 amide bonds. The maximum Gasteiger partial charge on any atom is 0.283 e. The van der Waals surface area contributed by atoms with Crippen LogP contribution < -0.4 is 20.6 Å². The molecule has 0 aliphatic heterocycles. The maximum atomic E-state index is 12.0. The predicted octanol–water partition coefficient (Wildman–Crippen LogP) is 1.81. The van der Waals surface area contributed by atoms with E-state index >= 15 is 0 Å². The summed E-state index contributed by atoms with van der Waals surface area (Å²) in [6.07, 6.45) is 1.50. The SMILES string of the molecule is COc1ccc(/C=N\NC(=O)c2sc(N)nc2C)c(OC)c1. The average molecular weight is 320 g/mol. The minimum atomic E-state index is -0.351. The van der Waals surface area contributed by atoms with Crippen LogP contribution in [0.15, 0.2) is 23.3 Å². The number of aryl methyl sites for hydroxylation is 1. The van der Waals surface area contributed by atoms with Crippen LogP contribution in [0.4, 0.5) is 5.13 Å². The van der Waals surface area contributed by atoms with E-state index in [1.165, 1.54) is 6.21 Å². The van der Waals surface area contributed by atoms with Crippen molar-refractivity contribution in [3.8, 4) is 11.5 Å². The zero-order chi connectivity index (χ0) is 16.1. The van der Waals surface area contributed by atoms with Crippen molar-refractivity contribution in [1.82, 2.24) is 10.4 Å². The monoisotopic (exact) mass is 320 g/mol. The first-order valence-corrected chi connectivity index (χ1v) is 7.15. The quantitative estimate of drug-likeness (QED) is 0.646. The zero-order valence-electron chi connectivity index (χ0n) is 12.4. The number of hydrazone groups is 1. The Labute approximate surface area is 131 Å². The van der Waals surface area contributed by atoms with Crippen molar-refractivity contribution < 1.29 is 14.3 Å². The van der Waals surface area contributed by atoms with Crippen molar-refractivity contribution in [2.24, 2.45) is 5.10 Å². The van der Waals surface area contributed by atoms with E-state index in [1.807, 2.05) is 0 Å². The predicted molar refractivity (Wildman–Crippen MR) is 85.9 cm³/mol. The molecule has 8 heteroatoms. The third-order valence-electron chi connectivity index (χ3n) is 2.83. The number of methoxy groups -OCH3 is 2. The van der Waals surface area contributed by atoms with E-state index < -0.39 is 0 Å². The largest absolute Gasteiger partial charge is 0.497 e. The van der Waals surface area contributed by atoms with E-state index in [9.17, 15) is 4.79 Å². The lowest BCUT2D eigenvalue weighted by molar-refractivity contribution is 0.0958. The molecule has 22 heavy (non-hydrogen) atoms. The molecule has 0 unspecified atom stereocenters. The molecule has 2 rings (SSSR count). The van der Waals surface area contributed by atoms with Gasteiger partial charge in [-0.1, -0.05) is 11.3 Å². The van der Waals surface area contributed by atoms with Crippen molar-refractivity contribution in [1.29, 1.82) is 0 Å². The van der Waals surface area contributed by atoms with E-state index in [0.29, 0.717) is 32.8 Å². The molecule has 1 aromatic carbocycles. The highest BCUT2D eigenvalue weighted by molar-refractivity contribution is 7.17. The van der Waals surface area contributed by atoms with Gasteiger partial charge in [0.25, 0.3) is 5.91 Å². The Bertz CT molecular complexity index is 712. The highest BCUT2D eigenvalue weighted by atomic mass is 32.1. The Kier molecular flexibility index (Phi) is 4.95. The average Bonchev–Trinajstić information content (AvgIpc) is 2.86. The topological polar surface area (TPSA) is 98.8 Å². The Morgan fingerprint density at radius 2 is 2.18 bits per heavy atom. The van der Waals surface area contributed by atoms with Crippen molar-refractivity contribution in [2.45, 2.75) is 6.92 Å². The number of nitrogens with zero attached hydrogens (tertiary/aromatic N) is 2. The molecule has 0 radical (unpaired) electrons. The molecule has 0 fully saturated rings. The van der Waals surface area contributed by atoms with Crippen LogP contribution in [0.3, 0.4) is 0 Å². The number of benzene rings is 1. The van der Waals surface area contributed by atoms with Gasteiger partial charge in [-0.15, -0.1) is 0 Å². The molecule has 7 nitrogen and oxygen atoms in total. The van der Waals surface area contributed by atoms with Gasteiger partial charge < -0.3 is 15.2 Å². The van der Waals surface area contributed by atoms with E-state index in [-0.39, 0.29) is 5.91 Å². The summed E-state index contributed by atoms with van der Waals surface area (Å²) in [4.78, 5) is 16.4. The summed E-state index contributed by atoms with van der Waals surface area (Å²) in [5, 5.41) is 4.28. The van der Waals surface area contributed by atoms with Crippen LogP contribution in [0.1, 0.15) is 20.9 Å². The van der Waals surface area contributed by atoms with E-state index in [1.54, 1.807) is 39.3 Å². The number of nitrogens with two attached hydrogens (primary N) is 1. The number of hydrogen-bond acceptors (Lipinski definition) is 7. The smallest absolute Gasteiger partial charge is 0.283 e. The lowest BCUT2D eigenvalue weighted by Crippen LogP contribution is -2.17. The van der Waals surface area contributed by atoms with Crippen molar-refractivity contribution >= 4 is 28.6 Å².